The number of rotatable bonds is 4. The number of carbonyl (C=O) groups excluding carboxylic acids is 1. The van der Waals surface area contributed by atoms with Crippen LogP contribution in [0.1, 0.15) is 19.3 Å². The molecule has 0 aromatic carbocycles. The van der Waals surface area contributed by atoms with E-state index >= 15 is 0 Å². The van der Waals surface area contributed by atoms with Gasteiger partial charge in [0.1, 0.15) is 11.6 Å². The number of halogens is 2. The molecular formula is C13H15Cl2N3O4S. The van der Waals surface area contributed by atoms with Gasteiger partial charge in [0.15, 0.2) is 9.84 Å². The standard InChI is InChI=1S/C13H15Cl2N3O4S/c14-10-5-16-17(13(20)12(10)15)6-11(19)18(8-1-2-8)9-3-4-23(21,22)7-9/h5,8-9H,1-4,6-7H2/t9-/m1/s1. The lowest BCUT2D eigenvalue weighted by Gasteiger charge is -2.28. The first kappa shape index (κ1) is 16.7. The van der Waals surface area contributed by atoms with Crippen molar-refractivity contribution >= 4 is 38.9 Å². The van der Waals surface area contributed by atoms with E-state index in [0.717, 1.165) is 17.5 Å². The summed E-state index contributed by atoms with van der Waals surface area (Å²) in [5.74, 6) is -0.236. The molecule has 0 spiro atoms. The summed E-state index contributed by atoms with van der Waals surface area (Å²) in [4.78, 5) is 26.2. The summed E-state index contributed by atoms with van der Waals surface area (Å²) in [5.41, 5.74) is -0.637. The van der Waals surface area contributed by atoms with Crippen molar-refractivity contribution in [2.24, 2.45) is 0 Å². The molecule has 1 aliphatic heterocycles. The topological polar surface area (TPSA) is 89.3 Å². The summed E-state index contributed by atoms with van der Waals surface area (Å²) in [6.45, 7) is -0.275. The maximum Gasteiger partial charge on any atom is 0.287 e. The molecule has 1 aromatic rings. The molecule has 7 nitrogen and oxygen atoms in total. The predicted octanol–water partition coefficient (Wildman–Crippen LogP) is 0.728. The zero-order chi connectivity index (χ0) is 16.8. The van der Waals surface area contributed by atoms with E-state index in [9.17, 15) is 18.0 Å². The molecule has 0 bridgehead atoms. The quantitative estimate of drug-likeness (QED) is 0.768. The highest BCUT2D eigenvalue weighted by atomic mass is 35.5. The van der Waals surface area contributed by atoms with Crippen LogP contribution in [-0.2, 0) is 21.2 Å². The normalized spacial score (nSPS) is 23.0. The van der Waals surface area contributed by atoms with Gasteiger partial charge >= 0.3 is 0 Å². The van der Waals surface area contributed by atoms with Gasteiger partial charge in [-0.2, -0.15) is 5.10 Å². The van der Waals surface area contributed by atoms with Gasteiger partial charge < -0.3 is 4.90 Å². The molecule has 126 valence electrons. The summed E-state index contributed by atoms with van der Waals surface area (Å²) in [6, 6.07) is -0.266. The Labute approximate surface area is 143 Å². The first-order valence-corrected chi connectivity index (χ1v) is 9.79. The first-order chi connectivity index (χ1) is 10.8. The number of hydrogen-bond donors (Lipinski definition) is 0. The lowest BCUT2D eigenvalue weighted by molar-refractivity contribution is -0.134. The SMILES string of the molecule is O=C(Cn1ncc(Cl)c(Cl)c1=O)N(C1CC1)[C@@H]1CCS(=O)(=O)C1. The molecule has 2 fully saturated rings. The number of amides is 1. The van der Waals surface area contributed by atoms with Crippen molar-refractivity contribution in [1.29, 1.82) is 0 Å². The van der Waals surface area contributed by atoms with Gasteiger partial charge in [0, 0.05) is 12.1 Å². The second-order valence-electron chi connectivity index (χ2n) is 5.86. The van der Waals surface area contributed by atoms with Crippen molar-refractivity contribution < 1.29 is 13.2 Å². The van der Waals surface area contributed by atoms with Gasteiger partial charge in [-0.05, 0) is 19.3 Å². The molecule has 1 amide bonds. The average Bonchev–Trinajstić information content (AvgIpc) is 3.24. The summed E-state index contributed by atoms with van der Waals surface area (Å²) in [7, 11) is -3.09. The molecule has 1 saturated heterocycles. The largest absolute Gasteiger partial charge is 0.334 e. The Hall–Kier alpha value is -1.12. The molecule has 0 unspecified atom stereocenters. The Morgan fingerprint density at radius 2 is 2.00 bits per heavy atom. The summed E-state index contributed by atoms with van der Waals surface area (Å²) >= 11 is 11.5. The van der Waals surface area contributed by atoms with Gasteiger partial charge in [-0.25, -0.2) is 13.1 Å². The van der Waals surface area contributed by atoms with Crippen LogP contribution in [0.4, 0.5) is 0 Å². The Bertz CT molecular complexity index is 804. The second-order valence-corrected chi connectivity index (χ2v) is 8.87. The smallest absolute Gasteiger partial charge is 0.287 e. The number of nitrogens with zero attached hydrogens (tertiary/aromatic N) is 3. The zero-order valence-corrected chi connectivity index (χ0v) is 14.4. The van der Waals surface area contributed by atoms with Crippen LogP contribution in [-0.4, -0.2) is 52.6 Å². The predicted molar refractivity (Wildman–Crippen MR) is 85.4 cm³/mol. The highest BCUT2D eigenvalue weighted by Crippen LogP contribution is 2.32. The van der Waals surface area contributed by atoms with Crippen LogP contribution in [0.2, 0.25) is 10.0 Å². The highest BCUT2D eigenvalue weighted by molar-refractivity contribution is 7.91. The van der Waals surface area contributed by atoms with Crippen LogP contribution in [0.25, 0.3) is 0 Å². The van der Waals surface area contributed by atoms with Crippen LogP contribution >= 0.6 is 23.2 Å². The molecule has 2 aliphatic rings. The van der Waals surface area contributed by atoms with Crippen LogP contribution in [0.15, 0.2) is 11.0 Å². The Balaban J connectivity index is 1.81. The number of hydrogen-bond acceptors (Lipinski definition) is 5. The van der Waals surface area contributed by atoms with Gasteiger partial charge in [0.25, 0.3) is 5.56 Å². The van der Waals surface area contributed by atoms with E-state index < -0.39 is 15.4 Å². The Kier molecular flexibility index (Phi) is 4.41. The first-order valence-electron chi connectivity index (χ1n) is 7.21. The van der Waals surface area contributed by atoms with Crippen molar-refractivity contribution in [3.8, 4) is 0 Å². The monoisotopic (exact) mass is 379 g/mol. The minimum absolute atomic E-state index is 0.0149. The van der Waals surface area contributed by atoms with E-state index in [0.29, 0.717) is 6.42 Å². The van der Waals surface area contributed by atoms with Crippen LogP contribution in [0, 0.1) is 0 Å². The molecule has 2 heterocycles. The van der Waals surface area contributed by atoms with Crippen LogP contribution in [0.3, 0.4) is 0 Å². The van der Waals surface area contributed by atoms with Gasteiger partial charge in [0.2, 0.25) is 5.91 Å². The van der Waals surface area contributed by atoms with Gasteiger partial charge in [-0.3, -0.25) is 9.59 Å². The molecule has 0 N–H and O–H groups in total. The number of carbonyl (C=O) groups is 1. The fourth-order valence-corrected chi connectivity index (χ4v) is 4.80. The average molecular weight is 380 g/mol. The molecule has 3 rings (SSSR count). The minimum atomic E-state index is -3.09. The molecule has 1 aliphatic carbocycles. The van der Waals surface area contributed by atoms with E-state index in [4.69, 9.17) is 23.2 Å². The summed E-state index contributed by atoms with van der Waals surface area (Å²) in [6.07, 6.45) is 3.35. The summed E-state index contributed by atoms with van der Waals surface area (Å²) in [5, 5.41) is 3.66. The van der Waals surface area contributed by atoms with Crippen molar-refractivity contribution in [3.63, 3.8) is 0 Å². The minimum Gasteiger partial charge on any atom is -0.334 e. The maximum atomic E-state index is 12.6. The second kappa shape index (κ2) is 6.07. The van der Waals surface area contributed by atoms with E-state index in [2.05, 4.69) is 5.10 Å². The molecule has 23 heavy (non-hydrogen) atoms. The number of aromatic nitrogens is 2. The number of sulfone groups is 1. The van der Waals surface area contributed by atoms with E-state index in [-0.39, 0.29) is 46.1 Å². The van der Waals surface area contributed by atoms with Crippen molar-refractivity contribution in [2.75, 3.05) is 11.5 Å². The Morgan fingerprint density at radius 1 is 1.30 bits per heavy atom. The molecule has 1 atom stereocenters. The van der Waals surface area contributed by atoms with E-state index in [1.807, 2.05) is 0 Å². The lowest BCUT2D eigenvalue weighted by atomic mass is 10.2. The fourth-order valence-electron chi connectivity index (χ4n) is 2.82. The highest BCUT2D eigenvalue weighted by Gasteiger charge is 2.42. The third kappa shape index (κ3) is 3.54. The van der Waals surface area contributed by atoms with Crippen molar-refractivity contribution in [1.82, 2.24) is 14.7 Å². The lowest BCUT2D eigenvalue weighted by Crippen LogP contribution is -2.45. The molecule has 1 saturated carbocycles. The third-order valence-electron chi connectivity index (χ3n) is 4.06. The summed E-state index contributed by atoms with van der Waals surface area (Å²) < 4.78 is 24.3. The molecule has 10 heteroatoms. The van der Waals surface area contributed by atoms with Crippen molar-refractivity contribution in [3.05, 3.63) is 26.6 Å². The van der Waals surface area contributed by atoms with Crippen LogP contribution < -0.4 is 5.56 Å². The maximum absolute atomic E-state index is 12.6. The molecule has 1 aromatic heterocycles. The van der Waals surface area contributed by atoms with Gasteiger partial charge in [0.05, 0.1) is 22.7 Å². The van der Waals surface area contributed by atoms with Crippen molar-refractivity contribution in [2.45, 2.75) is 37.9 Å². The van der Waals surface area contributed by atoms with E-state index in [1.54, 1.807) is 4.90 Å². The Morgan fingerprint density at radius 3 is 2.57 bits per heavy atom. The zero-order valence-electron chi connectivity index (χ0n) is 12.1. The fraction of sp³-hybridized carbons (Fsp3) is 0.615. The van der Waals surface area contributed by atoms with Crippen LogP contribution in [0.5, 0.6) is 0 Å². The van der Waals surface area contributed by atoms with Gasteiger partial charge in [-0.1, -0.05) is 23.2 Å². The third-order valence-corrected chi connectivity index (χ3v) is 6.56. The van der Waals surface area contributed by atoms with E-state index in [1.165, 1.54) is 6.20 Å². The molecular weight excluding hydrogens is 365 g/mol. The van der Waals surface area contributed by atoms with Gasteiger partial charge in [-0.15, -0.1) is 0 Å². The molecule has 0 radical (unpaired) electrons.